The molecule has 13 rings (SSSR count). The van der Waals surface area contributed by atoms with Crippen LogP contribution in [0.1, 0.15) is 0 Å². The Kier molecular flexibility index (Phi) is 15.5. The molecule has 84 heavy (non-hydrogen) atoms. The summed E-state index contributed by atoms with van der Waals surface area (Å²) in [4.78, 5) is 0. The predicted molar refractivity (Wildman–Crippen MR) is 343 cm³/mol. The summed E-state index contributed by atoms with van der Waals surface area (Å²) in [7, 11) is -12.8. The van der Waals surface area contributed by atoms with E-state index in [2.05, 4.69) is 72.8 Å². The largest absolute Gasteiger partial charge is 0.460 e. The molecule has 408 valence electrons. The molecule has 0 fully saturated rings. The van der Waals surface area contributed by atoms with Crippen LogP contribution in [0.3, 0.4) is 0 Å². The van der Waals surface area contributed by atoms with Crippen LogP contribution in [0.25, 0.3) is 66.8 Å². The first-order valence-electron chi connectivity index (χ1n) is 27.4. The van der Waals surface area contributed by atoms with Crippen molar-refractivity contribution in [1.82, 2.24) is 0 Å². The highest BCUT2D eigenvalue weighted by atomic mass is 31.3. The number of nitrogens with zero attached hydrogens (tertiary/aromatic N) is 3. The lowest BCUT2D eigenvalue weighted by molar-refractivity contribution is 0.443. The lowest BCUT2D eigenvalue weighted by atomic mass is 10.1. The Morgan fingerprint density at radius 2 is 0.262 bits per heavy atom. The molecule has 12 aromatic rings. The van der Waals surface area contributed by atoms with Gasteiger partial charge in [0, 0.05) is 0 Å². The summed E-state index contributed by atoms with van der Waals surface area (Å²) < 4.78 is 60.9. The van der Waals surface area contributed by atoms with Crippen molar-refractivity contribution in [3.05, 3.63) is 328 Å². The first-order chi connectivity index (χ1) is 41.4. The molecule has 0 amide bonds. The molecule has 12 heteroatoms. The van der Waals surface area contributed by atoms with Gasteiger partial charge >= 0.3 is 23.0 Å². The third-order valence-electron chi connectivity index (χ3n) is 13.8. The van der Waals surface area contributed by atoms with E-state index in [-0.39, 0.29) is 0 Å². The summed E-state index contributed by atoms with van der Waals surface area (Å²) >= 11 is 0. The Labute approximate surface area is 489 Å². The van der Waals surface area contributed by atoms with Crippen molar-refractivity contribution in [2.24, 2.45) is 13.5 Å². The van der Waals surface area contributed by atoms with E-state index < -0.39 is 23.0 Å². The third-order valence-corrected chi connectivity index (χ3v) is 21.9. The quantitative estimate of drug-likeness (QED) is 0.0795. The molecule has 9 nitrogen and oxygen atoms in total. The second-order valence-corrected chi connectivity index (χ2v) is 25.8. The van der Waals surface area contributed by atoms with Crippen molar-refractivity contribution in [2.45, 2.75) is 0 Å². The molecular formula is C72H54N3O6P3. The number of hydrogen-bond acceptors (Lipinski definition) is 9. The van der Waals surface area contributed by atoms with Gasteiger partial charge in [-0.25, -0.2) is 0 Å². The maximum Gasteiger partial charge on any atom is 0.460 e. The highest BCUT2D eigenvalue weighted by molar-refractivity contribution is 7.79. The van der Waals surface area contributed by atoms with Gasteiger partial charge in [-0.2, -0.15) is 0 Å². The minimum atomic E-state index is -4.27. The van der Waals surface area contributed by atoms with E-state index in [9.17, 15) is 0 Å². The van der Waals surface area contributed by atoms with Gasteiger partial charge in [-0.3, -0.25) is 0 Å². The molecule has 0 saturated carbocycles. The minimum absolute atomic E-state index is 0.411. The molecule has 0 N–H and O–H groups in total. The van der Waals surface area contributed by atoms with Gasteiger partial charge in [0.1, 0.15) is 34.5 Å². The Balaban J connectivity index is 1.05. The van der Waals surface area contributed by atoms with Crippen LogP contribution in [0.15, 0.2) is 341 Å². The fraction of sp³-hybridized carbons (Fsp3) is 0. The average molecular weight is 1150 g/mol. The maximum absolute atomic E-state index is 7.35. The standard InChI is InChI=1S/C72H54N3O6P3/c1-7-19-55(20-8-1)61-31-43-67(44-32-61)76-82(77-68-45-33-62(34-46-68)56-21-9-2-10-22-56)73-83(78-69-47-35-63(36-48-69)57-23-11-3-12-24-57,79-70-49-37-64(38-50-70)58-25-13-4-14-26-58)75-84(74-82,80-71-51-39-65(40-52-71)59-27-15-5-16-28-59)81-72-53-41-66(42-54-72)60-29-17-6-18-30-60/h1-54H. The zero-order valence-corrected chi connectivity index (χ0v) is 48.0. The van der Waals surface area contributed by atoms with Gasteiger partial charge in [0.15, 0.2) is 0 Å². The number of hydrogen-bond donors (Lipinski definition) is 0. The monoisotopic (exact) mass is 1150 g/mol. The van der Waals surface area contributed by atoms with Gasteiger partial charge in [0.2, 0.25) is 0 Å². The van der Waals surface area contributed by atoms with Crippen LogP contribution in [0.2, 0.25) is 0 Å². The van der Waals surface area contributed by atoms with Crippen LogP contribution in [0.5, 0.6) is 34.5 Å². The minimum Gasteiger partial charge on any atom is -0.413 e. The molecule has 0 radical (unpaired) electrons. The van der Waals surface area contributed by atoms with Gasteiger partial charge in [-0.05, 0) is 140 Å². The van der Waals surface area contributed by atoms with Crippen molar-refractivity contribution in [3.8, 4) is 101 Å². The summed E-state index contributed by atoms with van der Waals surface area (Å²) in [5, 5.41) is 0. The Morgan fingerprint density at radius 3 is 0.393 bits per heavy atom. The van der Waals surface area contributed by atoms with E-state index in [0.717, 1.165) is 66.8 Å². The fourth-order valence-electron chi connectivity index (χ4n) is 9.61. The third kappa shape index (κ3) is 12.6. The van der Waals surface area contributed by atoms with Crippen LogP contribution < -0.4 is 27.1 Å². The topological polar surface area (TPSA) is 92.5 Å². The molecule has 0 unspecified atom stereocenters. The first-order valence-corrected chi connectivity index (χ1v) is 32.0. The van der Waals surface area contributed by atoms with Gasteiger partial charge in [-0.15, -0.1) is 0 Å². The summed E-state index contributed by atoms with van der Waals surface area (Å²) in [5.41, 5.74) is 12.2. The van der Waals surface area contributed by atoms with E-state index >= 15 is 0 Å². The van der Waals surface area contributed by atoms with Crippen molar-refractivity contribution in [2.75, 3.05) is 0 Å². The zero-order valence-electron chi connectivity index (χ0n) is 45.3. The molecule has 0 aliphatic carbocycles. The van der Waals surface area contributed by atoms with E-state index in [1.165, 1.54) is 0 Å². The smallest absolute Gasteiger partial charge is 0.413 e. The lowest BCUT2D eigenvalue weighted by Crippen LogP contribution is -2.11. The SMILES string of the molecule is c1ccc(-c2ccc(OP3(Oc4ccc(-c5ccccc5)cc4)=NP(Oc4ccc(-c5ccccc5)cc4)(Oc4ccc(-c5ccccc5)cc4)=NP(Oc4ccc(-c5ccccc5)cc4)(Oc4ccc(-c5ccccc5)cc4)=N3)cc2)cc1. The van der Waals surface area contributed by atoms with Crippen LogP contribution in [-0.4, -0.2) is 0 Å². The van der Waals surface area contributed by atoms with Gasteiger partial charge < -0.3 is 27.1 Å². The van der Waals surface area contributed by atoms with E-state index in [1.807, 2.05) is 255 Å². The highest BCUT2D eigenvalue weighted by Gasteiger charge is 2.49. The molecule has 1 heterocycles. The predicted octanol–water partition coefficient (Wildman–Crippen LogP) is 22.3. The molecule has 0 spiro atoms. The van der Waals surface area contributed by atoms with Gasteiger partial charge in [0.05, 0.1) is 0 Å². The van der Waals surface area contributed by atoms with Crippen molar-refractivity contribution in [3.63, 3.8) is 0 Å². The molecule has 1 aliphatic rings. The second-order valence-electron chi connectivity index (χ2n) is 19.6. The van der Waals surface area contributed by atoms with E-state index in [4.69, 9.17) is 40.7 Å². The maximum atomic E-state index is 7.35. The van der Waals surface area contributed by atoms with Crippen LogP contribution in [0.4, 0.5) is 0 Å². The van der Waals surface area contributed by atoms with Gasteiger partial charge in [-0.1, -0.05) is 268 Å². The molecule has 0 saturated heterocycles. The lowest BCUT2D eigenvalue weighted by Gasteiger charge is -2.33. The average Bonchev–Trinajstić information content (AvgIpc) is 2.09. The van der Waals surface area contributed by atoms with Crippen molar-refractivity contribution in [1.29, 1.82) is 0 Å². The Hall–Kier alpha value is -9.87. The van der Waals surface area contributed by atoms with Crippen LogP contribution in [-0.2, 0) is 0 Å². The molecule has 12 aromatic carbocycles. The van der Waals surface area contributed by atoms with Crippen LogP contribution >= 0.6 is 23.0 Å². The summed E-state index contributed by atoms with van der Waals surface area (Å²) in [6.07, 6.45) is 0. The summed E-state index contributed by atoms with van der Waals surface area (Å²) in [6.45, 7) is 0. The van der Waals surface area contributed by atoms with Crippen molar-refractivity contribution >= 4 is 23.0 Å². The molecule has 0 bridgehead atoms. The normalized spacial score (nSPS) is 13.6. The molecule has 0 atom stereocenters. The Morgan fingerprint density at radius 1 is 0.143 bits per heavy atom. The van der Waals surface area contributed by atoms with Gasteiger partial charge in [0.25, 0.3) is 0 Å². The zero-order chi connectivity index (χ0) is 56.4. The highest BCUT2D eigenvalue weighted by Crippen LogP contribution is 2.78. The number of rotatable bonds is 18. The van der Waals surface area contributed by atoms with E-state index in [1.54, 1.807) is 0 Å². The fourth-order valence-corrected chi connectivity index (χ4v) is 18.7. The first kappa shape index (κ1) is 53.4. The van der Waals surface area contributed by atoms with Crippen LogP contribution in [0, 0.1) is 0 Å². The van der Waals surface area contributed by atoms with E-state index in [0.29, 0.717) is 34.5 Å². The Bertz CT molecular complexity index is 3580. The van der Waals surface area contributed by atoms with Crippen molar-refractivity contribution < 1.29 is 27.1 Å². The molecular weight excluding hydrogens is 1100 g/mol. The number of benzene rings is 12. The molecule has 1 aliphatic heterocycles. The second kappa shape index (κ2) is 24.3. The molecule has 0 aromatic heterocycles. The summed E-state index contributed by atoms with van der Waals surface area (Å²) in [5.74, 6) is 2.46. The summed E-state index contributed by atoms with van der Waals surface area (Å²) in [6, 6.07) is 108.